The molecule has 3 aromatic heterocycles. The number of fused-ring (bicyclic) bond motifs is 6. The molecule has 3 heterocycles. The molecular weight excluding hydrogens is 522 g/mol. The molecule has 0 N–H and O–H groups in total. The predicted octanol–water partition coefficient (Wildman–Crippen LogP) is 9.79. The van der Waals surface area contributed by atoms with Crippen molar-refractivity contribution >= 4 is 65.0 Å². The van der Waals surface area contributed by atoms with Crippen LogP contribution in [-0.4, -0.2) is 15.0 Å². The molecule has 0 saturated carbocycles. The number of rotatable bonds is 3. The van der Waals surface area contributed by atoms with E-state index in [0.717, 1.165) is 44.2 Å². The van der Waals surface area contributed by atoms with Crippen molar-refractivity contribution in [3.05, 3.63) is 114 Å². The van der Waals surface area contributed by atoms with E-state index in [-0.39, 0.29) is 5.28 Å². The van der Waals surface area contributed by atoms with Crippen molar-refractivity contribution in [3.63, 3.8) is 0 Å². The van der Waals surface area contributed by atoms with E-state index < -0.39 is 0 Å². The maximum absolute atomic E-state index is 6.47. The number of aromatic nitrogens is 3. The number of furan rings is 1. The first kappa shape index (κ1) is 22.4. The van der Waals surface area contributed by atoms with Crippen LogP contribution < -0.4 is 0 Å². The largest absolute Gasteiger partial charge is 0.456 e. The molecule has 0 radical (unpaired) electrons. The molecule has 8 rings (SSSR count). The average Bonchev–Trinajstić information content (AvgIpc) is 3.54. The van der Waals surface area contributed by atoms with Crippen LogP contribution in [0.5, 0.6) is 0 Å². The third kappa shape index (κ3) is 3.70. The van der Waals surface area contributed by atoms with E-state index in [1.54, 1.807) is 0 Å². The third-order valence-corrected chi connectivity index (χ3v) is 8.39. The summed E-state index contributed by atoms with van der Waals surface area (Å²) in [4.78, 5) is 13.9. The lowest BCUT2D eigenvalue weighted by molar-refractivity contribution is 0.669. The summed E-state index contributed by atoms with van der Waals surface area (Å²) in [7, 11) is 0. The molecule has 0 aliphatic heterocycles. The van der Waals surface area contributed by atoms with Crippen molar-refractivity contribution in [1.29, 1.82) is 0 Å². The number of nitrogens with zero attached hydrogens (tertiary/aromatic N) is 3. The maximum atomic E-state index is 6.47. The lowest BCUT2D eigenvalue weighted by Crippen LogP contribution is -1.98. The second kappa shape index (κ2) is 8.73. The van der Waals surface area contributed by atoms with Crippen LogP contribution in [0.3, 0.4) is 0 Å². The van der Waals surface area contributed by atoms with Gasteiger partial charge in [-0.05, 0) is 59.1 Å². The molecular formula is C33H18ClN3OS. The topological polar surface area (TPSA) is 51.8 Å². The second-order valence-electron chi connectivity index (χ2n) is 9.42. The van der Waals surface area contributed by atoms with Gasteiger partial charge in [0.2, 0.25) is 5.28 Å². The summed E-state index contributed by atoms with van der Waals surface area (Å²) in [5.41, 5.74) is 5.43. The summed E-state index contributed by atoms with van der Waals surface area (Å²) in [6.45, 7) is 0. The summed E-state index contributed by atoms with van der Waals surface area (Å²) >= 11 is 8.29. The quantitative estimate of drug-likeness (QED) is 0.224. The van der Waals surface area contributed by atoms with E-state index in [0.29, 0.717) is 11.6 Å². The highest BCUT2D eigenvalue weighted by Crippen LogP contribution is 2.41. The van der Waals surface area contributed by atoms with Crippen molar-refractivity contribution in [2.45, 2.75) is 0 Å². The van der Waals surface area contributed by atoms with Crippen LogP contribution in [0, 0.1) is 0 Å². The van der Waals surface area contributed by atoms with Crippen molar-refractivity contribution in [1.82, 2.24) is 15.0 Å². The van der Waals surface area contributed by atoms with E-state index in [1.165, 1.54) is 20.2 Å². The van der Waals surface area contributed by atoms with Crippen molar-refractivity contribution < 1.29 is 4.42 Å². The number of thiophene rings is 1. The SMILES string of the molecule is Clc1nc(-c2ccccc2)nc(-c2cc(-c3ccc4sc5ccccc5c4c3)cc3oc4ccccc4c23)n1. The van der Waals surface area contributed by atoms with Gasteiger partial charge < -0.3 is 4.42 Å². The Morgan fingerprint density at radius 3 is 2.18 bits per heavy atom. The Balaban J connectivity index is 1.41. The summed E-state index contributed by atoms with van der Waals surface area (Å²) < 4.78 is 8.91. The predicted molar refractivity (Wildman–Crippen MR) is 161 cm³/mol. The van der Waals surface area contributed by atoms with Gasteiger partial charge in [-0.1, -0.05) is 72.8 Å². The molecule has 0 spiro atoms. The van der Waals surface area contributed by atoms with Crippen LogP contribution >= 0.6 is 22.9 Å². The zero-order valence-corrected chi connectivity index (χ0v) is 22.0. The summed E-state index contributed by atoms with van der Waals surface area (Å²) in [5, 5.41) is 4.62. The van der Waals surface area contributed by atoms with Gasteiger partial charge in [0.1, 0.15) is 11.2 Å². The Bertz CT molecular complexity index is 2200. The molecule has 6 heteroatoms. The first-order valence-electron chi connectivity index (χ1n) is 12.6. The van der Waals surface area contributed by atoms with Crippen LogP contribution in [0.1, 0.15) is 0 Å². The number of hydrogen-bond acceptors (Lipinski definition) is 5. The molecule has 0 amide bonds. The number of hydrogen-bond donors (Lipinski definition) is 0. The van der Waals surface area contributed by atoms with Gasteiger partial charge in [-0.15, -0.1) is 11.3 Å². The Morgan fingerprint density at radius 1 is 0.538 bits per heavy atom. The molecule has 0 aliphatic carbocycles. The standard InChI is InChI=1S/C33H18ClN3OS/c34-33-36-31(19-8-2-1-3-9-19)35-32(37-33)25-17-21(18-27-30(25)23-11-4-6-12-26(23)38-27)20-14-15-29-24(16-20)22-10-5-7-13-28(22)39-29/h1-18H. The molecule has 184 valence electrons. The van der Waals surface area contributed by atoms with Crippen molar-refractivity contribution in [2.24, 2.45) is 0 Å². The van der Waals surface area contributed by atoms with Gasteiger partial charge in [-0.3, -0.25) is 0 Å². The molecule has 0 unspecified atom stereocenters. The fourth-order valence-electron chi connectivity index (χ4n) is 5.29. The highest BCUT2D eigenvalue weighted by molar-refractivity contribution is 7.25. The number of halogens is 1. The normalized spacial score (nSPS) is 11.7. The fraction of sp³-hybridized carbons (Fsp3) is 0. The van der Waals surface area contributed by atoms with E-state index in [2.05, 4.69) is 70.6 Å². The maximum Gasteiger partial charge on any atom is 0.226 e. The summed E-state index contributed by atoms with van der Waals surface area (Å²) in [5.74, 6) is 1.04. The van der Waals surface area contributed by atoms with Gasteiger partial charge in [-0.25, -0.2) is 4.98 Å². The van der Waals surface area contributed by atoms with Gasteiger partial charge in [0, 0.05) is 42.1 Å². The zero-order valence-electron chi connectivity index (χ0n) is 20.4. The Kier molecular flexibility index (Phi) is 5.02. The molecule has 0 bridgehead atoms. The Morgan fingerprint density at radius 2 is 1.28 bits per heavy atom. The average molecular weight is 540 g/mol. The van der Waals surface area contributed by atoms with Gasteiger partial charge in [0.25, 0.3) is 0 Å². The molecule has 5 aromatic carbocycles. The molecule has 0 atom stereocenters. The molecule has 39 heavy (non-hydrogen) atoms. The molecule has 0 fully saturated rings. The first-order chi connectivity index (χ1) is 19.2. The molecule has 8 aromatic rings. The summed E-state index contributed by atoms with van der Waals surface area (Å²) in [6.07, 6.45) is 0. The van der Waals surface area contributed by atoms with Crippen molar-refractivity contribution in [3.8, 4) is 33.9 Å². The van der Waals surface area contributed by atoms with Gasteiger partial charge >= 0.3 is 0 Å². The lowest BCUT2D eigenvalue weighted by Gasteiger charge is -2.09. The van der Waals surface area contributed by atoms with E-state index in [1.807, 2.05) is 59.9 Å². The number of benzene rings is 5. The minimum atomic E-state index is 0.149. The minimum Gasteiger partial charge on any atom is -0.456 e. The highest BCUT2D eigenvalue weighted by atomic mass is 35.5. The fourth-order valence-corrected chi connectivity index (χ4v) is 6.54. The van der Waals surface area contributed by atoms with E-state index in [4.69, 9.17) is 21.0 Å². The number of para-hydroxylation sites is 1. The monoisotopic (exact) mass is 539 g/mol. The van der Waals surface area contributed by atoms with Gasteiger partial charge in [-0.2, -0.15) is 9.97 Å². The molecule has 4 nitrogen and oxygen atoms in total. The summed E-state index contributed by atoms with van der Waals surface area (Å²) in [6, 6.07) is 37.3. The Hall–Kier alpha value is -4.58. The smallest absolute Gasteiger partial charge is 0.226 e. The third-order valence-electron chi connectivity index (χ3n) is 7.07. The zero-order chi connectivity index (χ0) is 25.9. The van der Waals surface area contributed by atoms with Crippen LogP contribution in [0.25, 0.3) is 76.0 Å². The minimum absolute atomic E-state index is 0.149. The van der Waals surface area contributed by atoms with Crippen LogP contribution in [0.4, 0.5) is 0 Å². The molecule has 0 saturated heterocycles. The van der Waals surface area contributed by atoms with Crippen molar-refractivity contribution in [2.75, 3.05) is 0 Å². The van der Waals surface area contributed by atoms with Crippen LogP contribution in [0.15, 0.2) is 114 Å². The lowest BCUT2D eigenvalue weighted by atomic mass is 9.97. The van der Waals surface area contributed by atoms with E-state index >= 15 is 0 Å². The van der Waals surface area contributed by atoms with E-state index in [9.17, 15) is 0 Å². The van der Waals surface area contributed by atoms with Gasteiger partial charge in [0.15, 0.2) is 11.6 Å². The second-order valence-corrected chi connectivity index (χ2v) is 10.8. The Labute approximate surface area is 232 Å². The molecule has 0 aliphatic rings. The first-order valence-corrected chi connectivity index (χ1v) is 13.7. The van der Waals surface area contributed by atoms with Gasteiger partial charge in [0.05, 0.1) is 0 Å². The van der Waals surface area contributed by atoms with Crippen LogP contribution in [0.2, 0.25) is 5.28 Å². The van der Waals surface area contributed by atoms with Crippen LogP contribution in [-0.2, 0) is 0 Å². The highest BCUT2D eigenvalue weighted by Gasteiger charge is 2.19.